The van der Waals surface area contributed by atoms with E-state index in [1.54, 1.807) is 48.7 Å². The number of rotatable bonds is 3. The second kappa shape index (κ2) is 6.71. The van der Waals surface area contributed by atoms with Gasteiger partial charge >= 0.3 is 6.18 Å². The Hall–Kier alpha value is -3.27. The number of para-hydroxylation sites is 1. The molecule has 0 radical (unpaired) electrons. The maximum Gasteiger partial charge on any atom is 0.433 e. The lowest BCUT2D eigenvalue weighted by Crippen LogP contribution is -2.16. The Balaban J connectivity index is 1.79. The fourth-order valence-electron chi connectivity index (χ4n) is 2.61. The smallest absolute Gasteiger partial charge is 0.319 e. The first-order chi connectivity index (χ1) is 13.3. The minimum absolute atomic E-state index is 0.119. The molecular formula is C18H12F3N5OS. The summed E-state index contributed by atoms with van der Waals surface area (Å²) >= 11 is 1.25. The quantitative estimate of drug-likeness (QED) is 0.549. The topological polar surface area (TPSA) is 72.2 Å². The minimum Gasteiger partial charge on any atom is -0.319 e. The third-order valence-electron chi connectivity index (χ3n) is 3.97. The number of benzene rings is 1. The number of aromatic nitrogens is 4. The summed E-state index contributed by atoms with van der Waals surface area (Å²) < 4.78 is 41.2. The van der Waals surface area contributed by atoms with Crippen LogP contribution in [0.1, 0.15) is 21.9 Å². The lowest BCUT2D eigenvalue weighted by atomic mass is 10.2. The molecule has 0 bridgehead atoms. The molecule has 1 amide bonds. The fraction of sp³-hybridized carbons (Fsp3) is 0.111. The van der Waals surface area contributed by atoms with Gasteiger partial charge in [-0.3, -0.25) is 4.79 Å². The maximum atomic E-state index is 13.5. The van der Waals surface area contributed by atoms with Crippen molar-refractivity contribution in [3.05, 3.63) is 64.9 Å². The number of thiophene rings is 1. The summed E-state index contributed by atoms with van der Waals surface area (Å²) in [5.74, 6) is -1.41. The Bertz CT molecular complexity index is 1170. The normalized spacial score (nSPS) is 11.7. The molecule has 0 spiro atoms. The minimum atomic E-state index is -4.69. The van der Waals surface area contributed by atoms with Crippen LogP contribution in [0.2, 0.25) is 0 Å². The zero-order valence-electron chi connectivity index (χ0n) is 14.4. The standard InChI is InChI=1S/C18H12F3N5OS/c1-10-5-2-3-6-11(10)22-16(27)15-24-17-23-12(13-7-4-8-28-13)9-14(18(19,20)21)26(17)25-15/h2-9H,1H3,(H,22,27). The van der Waals surface area contributed by atoms with E-state index >= 15 is 0 Å². The van der Waals surface area contributed by atoms with Gasteiger partial charge in [-0.05, 0) is 36.1 Å². The lowest BCUT2D eigenvalue weighted by Gasteiger charge is -2.09. The molecule has 3 heterocycles. The van der Waals surface area contributed by atoms with Crippen LogP contribution in [-0.2, 0) is 6.18 Å². The van der Waals surface area contributed by atoms with E-state index in [0.29, 0.717) is 15.1 Å². The predicted molar refractivity (Wildman–Crippen MR) is 98.2 cm³/mol. The van der Waals surface area contributed by atoms with Crippen molar-refractivity contribution in [2.45, 2.75) is 13.1 Å². The molecule has 4 aromatic rings. The van der Waals surface area contributed by atoms with Gasteiger partial charge in [-0.25, -0.2) is 4.98 Å². The van der Waals surface area contributed by atoms with Gasteiger partial charge < -0.3 is 5.32 Å². The van der Waals surface area contributed by atoms with Crippen LogP contribution < -0.4 is 5.32 Å². The van der Waals surface area contributed by atoms with E-state index in [4.69, 9.17) is 0 Å². The van der Waals surface area contributed by atoms with Crippen molar-refractivity contribution in [2.75, 3.05) is 5.32 Å². The molecule has 0 aliphatic heterocycles. The summed E-state index contributed by atoms with van der Waals surface area (Å²) in [6.07, 6.45) is -4.69. The molecule has 0 saturated heterocycles. The zero-order chi connectivity index (χ0) is 19.9. The van der Waals surface area contributed by atoms with Crippen molar-refractivity contribution >= 4 is 28.7 Å². The van der Waals surface area contributed by atoms with E-state index in [0.717, 1.165) is 11.6 Å². The van der Waals surface area contributed by atoms with Gasteiger partial charge in [0, 0.05) is 5.69 Å². The highest BCUT2D eigenvalue weighted by atomic mass is 32.1. The number of hydrogen-bond acceptors (Lipinski definition) is 5. The number of nitrogens with zero attached hydrogens (tertiary/aromatic N) is 4. The molecule has 1 N–H and O–H groups in total. The third kappa shape index (κ3) is 3.33. The number of alkyl halides is 3. The number of anilines is 1. The highest BCUT2D eigenvalue weighted by Crippen LogP contribution is 2.33. The first kappa shape index (κ1) is 18.1. The number of halogens is 3. The number of nitrogens with one attached hydrogen (secondary N) is 1. The van der Waals surface area contributed by atoms with Gasteiger partial charge in [0.05, 0.1) is 10.6 Å². The van der Waals surface area contributed by atoms with Crippen molar-refractivity contribution in [2.24, 2.45) is 0 Å². The maximum absolute atomic E-state index is 13.5. The van der Waals surface area contributed by atoms with Crippen molar-refractivity contribution in [3.63, 3.8) is 0 Å². The summed E-state index contributed by atoms with van der Waals surface area (Å²) in [7, 11) is 0. The third-order valence-corrected chi connectivity index (χ3v) is 4.86. The van der Waals surface area contributed by atoms with Crippen LogP contribution in [-0.4, -0.2) is 25.5 Å². The zero-order valence-corrected chi connectivity index (χ0v) is 15.2. The van der Waals surface area contributed by atoms with Crippen LogP contribution >= 0.6 is 11.3 Å². The summed E-state index contributed by atoms with van der Waals surface area (Å²) in [5.41, 5.74) is 0.389. The van der Waals surface area contributed by atoms with Gasteiger partial charge in [0.1, 0.15) is 0 Å². The molecule has 0 fully saturated rings. The van der Waals surface area contributed by atoms with E-state index in [-0.39, 0.29) is 11.5 Å². The van der Waals surface area contributed by atoms with Crippen LogP contribution in [0.5, 0.6) is 0 Å². The lowest BCUT2D eigenvalue weighted by molar-refractivity contribution is -0.142. The summed E-state index contributed by atoms with van der Waals surface area (Å²) in [4.78, 5) is 21.1. The number of fused-ring (bicyclic) bond motifs is 1. The number of carbonyl (C=O) groups is 1. The van der Waals surface area contributed by atoms with Gasteiger partial charge in [0.2, 0.25) is 5.82 Å². The molecule has 0 aliphatic rings. The van der Waals surface area contributed by atoms with Gasteiger partial charge in [-0.1, -0.05) is 24.3 Å². The molecule has 10 heteroatoms. The fourth-order valence-corrected chi connectivity index (χ4v) is 3.29. The van der Waals surface area contributed by atoms with Gasteiger partial charge in [-0.2, -0.15) is 22.7 Å². The highest BCUT2D eigenvalue weighted by Gasteiger charge is 2.36. The molecule has 3 aromatic heterocycles. The molecule has 1 aromatic carbocycles. The monoisotopic (exact) mass is 403 g/mol. The van der Waals surface area contributed by atoms with E-state index in [1.165, 1.54) is 11.3 Å². The van der Waals surface area contributed by atoms with Crippen LogP contribution in [0.3, 0.4) is 0 Å². The molecule has 6 nitrogen and oxygen atoms in total. The van der Waals surface area contributed by atoms with E-state index in [1.807, 2.05) is 0 Å². The molecule has 0 unspecified atom stereocenters. The van der Waals surface area contributed by atoms with Crippen LogP contribution in [0.25, 0.3) is 16.3 Å². The number of hydrogen-bond donors (Lipinski definition) is 1. The number of carbonyl (C=O) groups excluding carboxylic acids is 1. The average molecular weight is 403 g/mol. The van der Waals surface area contributed by atoms with Gasteiger partial charge in [0.15, 0.2) is 5.69 Å². The molecule has 142 valence electrons. The Morgan fingerprint density at radius 2 is 1.93 bits per heavy atom. The second-order valence-corrected chi connectivity index (χ2v) is 6.87. The Labute approximate surface area is 160 Å². The molecule has 4 rings (SSSR count). The summed E-state index contributed by atoms with van der Waals surface area (Å²) in [6.45, 7) is 1.79. The van der Waals surface area contributed by atoms with E-state index < -0.39 is 23.6 Å². The first-order valence-electron chi connectivity index (χ1n) is 8.09. The number of aryl methyl sites for hydroxylation is 1. The average Bonchev–Trinajstić information content (AvgIpc) is 3.31. The largest absolute Gasteiger partial charge is 0.433 e. The predicted octanol–water partition coefficient (Wildman–Crippen LogP) is 4.43. The van der Waals surface area contributed by atoms with Crippen molar-refractivity contribution in [1.82, 2.24) is 19.6 Å². The van der Waals surface area contributed by atoms with Crippen molar-refractivity contribution in [1.29, 1.82) is 0 Å². The van der Waals surface area contributed by atoms with Crippen LogP contribution in [0.15, 0.2) is 47.8 Å². The number of amides is 1. The first-order valence-corrected chi connectivity index (χ1v) is 8.97. The molecule has 0 atom stereocenters. The molecular weight excluding hydrogens is 391 g/mol. The summed E-state index contributed by atoms with van der Waals surface area (Å²) in [5, 5.41) is 8.08. The molecule has 0 aliphatic carbocycles. The molecule has 0 saturated carbocycles. The Morgan fingerprint density at radius 3 is 2.61 bits per heavy atom. The van der Waals surface area contributed by atoms with E-state index in [9.17, 15) is 18.0 Å². The van der Waals surface area contributed by atoms with Gasteiger partial charge in [0.25, 0.3) is 11.7 Å². The second-order valence-electron chi connectivity index (χ2n) is 5.92. The van der Waals surface area contributed by atoms with E-state index in [2.05, 4.69) is 20.4 Å². The molecule has 28 heavy (non-hydrogen) atoms. The van der Waals surface area contributed by atoms with Gasteiger partial charge in [-0.15, -0.1) is 16.4 Å². The van der Waals surface area contributed by atoms with Crippen LogP contribution in [0, 0.1) is 6.92 Å². The Kier molecular flexibility index (Phi) is 4.34. The SMILES string of the molecule is Cc1ccccc1NC(=O)c1nc2nc(-c3cccs3)cc(C(F)(F)F)n2n1. The van der Waals surface area contributed by atoms with Crippen LogP contribution in [0.4, 0.5) is 18.9 Å². The highest BCUT2D eigenvalue weighted by molar-refractivity contribution is 7.13. The van der Waals surface area contributed by atoms with Crippen molar-refractivity contribution < 1.29 is 18.0 Å². The summed E-state index contributed by atoms with van der Waals surface area (Å²) in [6, 6.07) is 11.3. The van der Waals surface area contributed by atoms with Crippen molar-refractivity contribution in [3.8, 4) is 10.6 Å². The Morgan fingerprint density at radius 1 is 1.14 bits per heavy atom.